The molecule has 0 bridgehead atoms. The third-order valence-corrected chi connectivity index (χ3v) is 3.18. The minimum absolute atomic E-state index is 0.101. The van der Waals surface area contributed by atoms with Crippen molar-refractivity contribution in [2.24, 2.45) is 0 Å². The molecule has 0 amide bonds. The van der Waals surface area contributed by atoms with Crippen LogP contribution in [0.1, 0.15) is 50.0 Å². The van der Waals surface area contributed by atoms with Gasteiger partial charge >= 0.3 is 5.97 Å². The summed E-state index contributed by atoms with van der Waals surface area (Å²) in [5, 5.41) is 9.28. The normalized spacial score (nSPS) is 11.4. The molecule has 0 saturated heterocycles. The first-order valence-corrected chi connectivity index (χ1v) is 6.76. The molecule has 0 aromatic heterocycles. The average Bonchev–Trinajstić information content (AvgIpc) is 2.25. The summed E-state index contributed by atoms with van der Waals surface area (Å²) in [7, 11) is 0. The van der Waals surface area contributed by atoms with E-state index in [4.69, 9.17) is 4.74 Å². The largest absolute Gasteiger partial charge is 0.492 e. The van der Waals surface area contributed by atoms with Crippen molar-refractivity contribution in [1.29, 1.82) is 0 Å². The minimum Gasteiger partial charge on any atom is -0.492 e. The maximum Gasteiger partial charge on any atom is 0.339 e. The molecular weight excluding hydrogens is 296 g/mol. The molecule has 0 fully saturated rings. The monoisotopic (exact) mass is 314 g/mol. The summed E-state index contributed by atoms with van der Waals surface area (Å²) < 4.78 is 6.21. The summed E-state index contributed by atoms with van der Waals surface area (Å²) in [6, 6.07) is 3.62. The van der Waals surface area contributed by atoms with E-state index in [1.54, 1.807) is 6.07 Å². The third kappa shape index (κ3) is 3.48. The molecule has 0 atom stereocenters. The lowest BCUT2D eigenvalue weighted by Crippen LogP contribution is -2.14. The van der Waals surface area contributed by atoms with Gasteiger partial charge in [0.15, 0.2) is 0 Å². The van der Waals surface area contributed by atoms with Gasteiger partial charge in [0.25, 0.3) is 0 Å². The molecule has 1 aromatic rings. The van der Waals surface area contributed by atoms with Crippen LogP contribution in [0.5, 0.6) is 5.75 Å². The zero-order valence-corrected chi connectivity index (χ0v) is 12.8. The number of hydrogen-bond acceptors (Lipinski definition) is 2. The van der Waals surface area contributed by atoms with Crippen LogP contribution < -0.4 is 4.74 Å². The van der Waals surface area contributed by atoms with Crippen LogP contribution in [-0.4, -0.2) is 17.7 Å². The van der Waals surface area contributed by atoms with E-state index in [-0.39, 0.29) is 11.0 Å². The van der Waals surface area contributed by atoms with Gasteiger partial charge in [0.2, 0.25) is 0 Å². The summed E-state index contributed by atoms with van der Waals surface area (Å²) >= 11 is 3.40. The number of ether oxygens (including phenoxy) is 1. The fraction of sp³-hybridized carbons (Fsp3) is 0.500. The van der Waals surface area contributed by atoms with Gasteiger partial charge in [0.1, 0.15) is 11.3 Å². The lowest BCUT2D eigenvalue weighted by atomic mass is 9.86. The SMILES string of the molecule is CCCOc1c(Br)cc(C(C)(C)C)cc1C(=O)O. The summed E-state index contributed by atoms with van der Waals surface area (Å²) in [5.74, 6) is -0.551. The lowest BCUT2D eigenvalue weighted by Gasteiger charge is -2.21. The van der Waals surface area contributed by atoms with Crippen molar-refractivity contribution in [1.82, 2.24) is 0 Å². The van der Waals surface area contributed by atoms with Crippen molar-refractivity contribution in [3.05, 3.63) is 27.7 Å². The number of carboxylic acid groups (broad SMARTS) is 1. The Morgan fingerprint density at radius 3 is 2.44 bits per heavy atom. The van der Waals surface area contributed by atoms with Crippen LogP contribution >= 0.6 is 15.9 Å². The Balaban J connectivity index is 3.31. The predicted molar refractivity (Wildman–Crippen MR) is 75.6 cm³/mol. The minimum atomic E-state index is -0.965. The average molecular weight is 315 g/mol. The first-order chi connectivity index (χ1) is 8.27. The molecule has 4 heteroatoms. The van der Waals surface area contributed by atoms with Gasteiger partial charge in [-0.2, -0.15) is 0 Å². The highest BCUT2D eigenvalue weighted by Crippen LogP contribution is 2.35. The molecule has 1 aromatic carbocycles. The smallest absolute Gasteiger partial charge is 0.339 e. The topological polar surface area (TPSA) is 46.5 Å². The number of hydrogen-bond donors (Lipinski definition) is 1. The Morgan fingerprint density at radius 1 is 1.39 bits per heavy atom. The Labute approximate surface area is 116 Å². The Morgan fingerprint density at radius 2 is 2.00 bits per heavy atom. The summed E-state index contributed by atoms with van der Waals surface area (Å²) in [5.41, 5.74) is 1.08. The van der Waals surface area contributed by atoms with E-state index in [9.17, 15) is 9.90 Å². The van der Waals surface area contributed by atoms with Gasteiger partial charge in [-0.15, -0.1) is 0 Å². The molecule has 3 nitrogen and oxygen atoms in total. The molecule has 18 heavy (non-hydrogen) atoms. The molecule has 0 radical (unpaired) electrons. The van der Waals surface area contributed by atoms with Gasteiger partial charge in [-0.1, -0.05) is 27.7 Å². The van der Waals surface area contributed by atoms with E-state index >= 15 is 0 Å². The van der Waals surface area contributed by atoms with Crippen LogP contribution in [0.4, 0.5) is 0 Å². The number of aromatic carboxylic acids is 1. The molecule has 100 valence electrons. The van der Waals surface area contributed by atoms with Gasteiger partial charge in [0.05, 0.1) is 11.1 Å². The molecule has 0 aliphatic rings. The molecule has 1 N–H and O–H groups in total. The van der Waals surface area contributed by atoms with Crippen LogP contribution in [0.25, 0.3) is 0 Å². The van der Waals surface area contributed by atoms with Crippen LogP contribution in [-0.2, 0) is 5.41 Å². The Kier molecular flexibility index (Phi) is 4.79. The first kappa shape index (κ1) is 15.0. The highest BCUT2D eigenvalue weighted by Gasteiger charge is 2.21. The van der Waals surface area contributed by atoms with Crippen molar-refractivity contribution >= 4 is 21.9 Å². The van der Waals surface area contributed by atoms with Gasteiger partial charge in [-0.05, 0) is 45.5 Å². The number of benzene rings is 1. The van der Waals surface area contributed by atoms with Gasteiger partial charge in [0, 0.05) is 0 Å². The highest BCUT2D eigenvalue weighted by molar-refractivity contribution is 9.10. The third-order valence-electron chi connectivity index (χ3n) is 2.59. The fourth-order valence-corrected chi connectivity index (χ4v) is 2.11. The molecule has 0 aliphatic heterocycles. The van der Waals surface area contributed by atoms with Crippen LogP contribution in [0.3, 0.4) is 0 Å². The molecule has 0 unspecified atom stereocenters. The van der Waals surface area contributed by atoms with E-state index < -0.39 is 5.97 Å². The van der Waals surface area contributed by atoms with Gasteiger partial charge < -0.3 is 9.84 Å². The molecule has 0 heterocycles. The number of carboxylic acids is 1. The van der Waals surface area contributed by atoms with Crippen molar-refractivity contribution in [2.75, 3.05) is 6.61 Å². The van der Waals surface area contributed by atoms with E-state index in [0.29, 0.717) is 16.8 Å². The van der Waals surface area contributed by atoms with Crippen LogP contribution in [0, 0.1) is 0 Å². The number of halogens is 1. The Bertz CT molecular complexity index is 447. The van der Waals surface area contributed by atoms with Crippen LogP contribution in [0.15, 0.2) is 16.6 Å². The molecule has 1 rings (SSSR count). The first-order valence-electron chi connectivity index (χ1n) is 5.97. The highest BCUT2D eigenvalue weighted by atomic mass is 79.9. The maximum absolute atomic E-state index is 11.3. The van der Waals surface area contributed by atoms with Crippen molar-refractivity contribution in [2.45, 2.75) is 39.5 Å². The number of carbonyl (C=O) groups is 1. The lowest BCUT2D eigenvalue weighted by molar-refractivity contribution is 0.0692. The fourth-order valence-electron chi connectivity index (χ4n) is 1.54. The Hall–Kier alpha value is -1.03. The van der Waals surface area contributed by atoms with Crippen molar-refractivity contribution in [3.8, 4) is 5.75 Å². The van der Waals surface area contributed by atoms with E-state index in [1.807, 2.05) is 33.8 Å². The van der Waals surface area contributed by atoms with Gasteiger partial charge in [-0.25, -0.2) is 4.79 Å². The number of rotatable bonds is 4. The van der Waals surface area contributed by atoms with Crippen molar-refractivity contribution in [3.63, 3.8) is 0 Å². The molecular formula is C14H19BrO3. The van der Waals surface area contributed by atoms with E-state index in [2.05, 4.69) is 15.9 Å². The standard InChI is InChI=1S/C14H19BrO3/c1-5-6-18-12-10(13(16)17)7-9(8-11(12)15)14(2,3)4/h7-8H,5-6H2,1-4H3,(H,16,17). The summed E-state index contributed by atoms with van der Waals surface area (Å²) in [4.78, 5) is 11.3. The molecule has 0 saturated carbocycles. The quantitative estimate of drug-likeness (QED) is 0.904. The van der Waals surface area contributed by atoms with E-state index in [1.165, 1.54) is 0 Å². The van der Waals surface area contributed by atoms with E-state index in [0.717, 1.165) is 12.0 Å². The van der Waals surface area contributed by atoms with Crippen molar-refractivity contribution < 1.29 is 14.6 Å². The van der Waals surface area contributed by atoms with Crippen LogP contribution in [0.2, 0.25) is 0 Å². The summed E-state index contributed by atoms with van der Waals surface area (Å²) in [6.07, 6.45) is 0.840. The van der Waals surface area contributed by atoms with Gasteiger partial charge in [-0.3, -0.25) is 0 Å². The maximum atomic E-state index is 11.3. The summed E-state index contributed by atoms with van der Waals surface area (Å²) in [6.45, 7) is 8.64. The second-order valence-electron chi connectivity index (χ2n) is 5.24. The molecule has 0 spiro atoms. The second kappa shape index (κ2) is 5.74. The zero-order valence-electron chi connectivity index (χ0n) is 11.2. The zero-order chi connectivity index (χ0) is 13.9. The second-order valence-corrected chi connectivity index (χ2v) is 6.09. The molecule has 0 aliphatic carbocycles. The predicted octanol–water partition coefficient (Wildman–Crippen LogP) is 4.23.